The Hall–Kier alpha value is -2.89. The fraction of sp³-hybridized carbons (Fsp3) is 0.350. The van der Waals surface area contributed by atoms with Crippen LogP contribution in [-0.2, 0) is 22.6 Å². The summed E-state index contributed by atoms with van der Waals surface area (Å²) in [6, 6.07) is 11.2. The summed E-state index contributed by atoms with van der Waals surface area (Å²) in [4.78, 5) is 29.4. The van der Waals surface area contributed by atoms with Gasteiger partial charge in [0, 0.05) is 31.0 Å². The summed E-state index contributed by atoms with van der Waals surface area (Å²) < 4.78 is 5.77. The fourth-order valence-corrected chi connectivity index (χ4v) is 3.09. The second kappa shape index (κ2) is 8.47. The van der Waals surface area contributed by atoms with Crippen molar-refractivity contribution < 1.29 is 19.4 Å². The van der Waals surface area contributed by atoms with E-state index in [1.807, 2.05) is 36.4 Å². The zero-order valence-electron chi connectivity index (χ0n) is 14.5. The summed E-state index contributed by atoms with van der Waals surface area (Å²) in [6.45, 7) is 1.34. The molecule has 0 saturated carbocycles. The molecule has 1 atom stereocenters. The minimum Gasteiger partial charge on any atom is -0.489 e. The lowest BCUT2D eigenvalue weighted by atomic mass is 9.97. The lowest BCUT2D eigenvalue weighted by molar-refractivity contribution is -0.145. The van der Waals surface area contributed by atoms with E-state index in [2.05, 4.69) is 4.98 Å². The van der Waals surface area contributed by atoms with Crippen molar-refractivity contribution in [3.05, 3.63) is 59.9 Å². The SMILES string of the molecule is O=C(O)C1CCCN(C(=O)Cc2cccc(OCc3cccnc3)c2)C1. The average molecular weight is 354 g/mol. The Morgan fingerprint density at radius 2 is 2.08 bits per heavy atom. The molecule has 3 rings (SSSR count). The minimum absolute atomic E-state index is 0.0413. The number of carboxylic acid groups (broad SMARTS) is 1. The first kappa shape index (κ1) is 17.9. The molecule has 1 aromatic carbocycles. The highest BCUT2D eigenvalue weighted by Gasteiger charge is 2.27. The number of piperidine rings is 1. The van der Waals surface area contributed by atoms with Gasteiger partial charge in [-0.2, -0.15) is 0 Å². The smallest absolute Gasteiger partial charge is 0.308 e. The topological polar surface area (TPSA) is 79.7 Å². The predicted molar refractivity (Wildman–Crippen MR) is 95.7 cm³/mol. The molecule has 0 radical (unpaired) electrons. The number of carboxylic acids is 1. The van der Waals surface area contributed by atoms with Crippen molar-refractivity contribution in [2.24, 2.45) is 5.92 Å². The molecule has 1 aliphatic rings. The molecule has 2 heterocycles. The van der Waals surface area contributed by atoms with Gasteiger partial charge in [-0.25, -0.2) is 0 Å². The quantitative estimate of drug-likeness (QED) is 0.862. The van der Waals surface area contributed by atoms with Crippen LogP contribution in [0.1, 0.15) is 24.0 Å². The molecule has 0 bridgehead atoms. The number of benzene rings is 1. The third-order valence-electron chi connectivity index (χ3n) is 4.51. The van der Waals surface area contributed by atoms with E-state index in [-0.39, 0.29) is 12.3 Å². The summed E-state index contributed by atoms with van der Waals surface area (Å²) in [6.07, 6.45) is 5.08. The molecule has 0 aliphatic carbocycles. The first-order chi connectivity index (χ1) is 12.6. The van der Waals surface area contributed by atoms with Crippen molar-refractivity contribution in [1.29, 1.82) is 0 Å². The normalized spacial score (nSPS) is 16.9. The maximum atomic E-state index is 12.5. The van der Waals surface area contributed by atoms with Crippen LogP contribution < -0.4 is 4.74 Å². The molecule has 26 heavy (non-hydrogen) atoms. The number of hydrogen-bond acceptors (Lipinski definition) is 4. The van der Waals surface area contributed by atoms with E-state index in [1.165, 1.54) is 0 Å². The van der Waals surface area contributed by atoms with Gasteiger partial charge in [-0.15, -0.1) is 0 Å². The van der Waals surface area contributed by atoms with Gasteiger partial charge in [0.2, 0.25) is 5.91 Å². The highest BCUT2D eigenvalue weighted by atomic mass is 16.5. The Kier molecular flexibility index (Phi) is 5.84. The van der Waals surface area contributed by atoms with E-state index >= 15 is 0 Å². The van der Waals surface area contributed by atoms with Crippen LogP contribution in [0.4, 0.5) is 0 Å². The number of carbonyl (C=O) groups is 2. The van der Waals surface area contributed by atoms with Gasteiger partial charge in [0.1, 0.15) is 12.4 Å². The number of nitrogens with zero attached hydrogens (tertiary/aromatic N) is 2. The summed E-state index contributed by atoms with van der Waals surface area (Å²) in [5.74, 6) is -0.628. The van der Waals surface area contributed by atoms with Crippen molar-refractivity contribution in [1.82, 2.24) is 9.88 Å². The van der Waals surface area contributed by atoms with Crippen LogP contribution >= 0.6 is 0 Å². The van der Waals surface area contributed by atoms with Gasteiger partial charge in [0.15, 0.2) is 0 Å². The molecule has 0 spiro atoms. The van der Waals surface area contributed by atoms with Gasteiger partial charge < -0.3 is 14.7 Å². The van der Waals surface area contributed by atoms with E-state index < -0.39 is 11.9 Å². The molecule has 6 heteroatoms. The molecule has 1 unspecified atom stereocenters. The Balaban J connectivity index is 1.57. The number of aromatic nitrogens is 1. The molecular weight excluding hydrogens is 332 g/mol. The molecular formula is C20H22N2O4. The molecule has 1 N–H and O–H groups in total. The van der Waals surface area contributed by atoms with Gasteiger partial charge in [-0.1, -0.05) is 18.2 Å². The lowest BCUT2D eigenvalue weighted by Gasteiger charge is -2.30. The standard InChI is InChI=1S/C20H22N2O4/c23-19(22-9-3-6-17(13-22)20(24)25)11-15-4-1-7-18(10-15)26-14-16-5-2-8-21-12-16/h1-2,4-5,7-8,10,12,17H,3,6,9,11,13-14H2,(H,24,25). The summed E-state index contributed by atoms with van der Waals surface area (Å²) in [5.41, 5.74) is 1.83. The number of amides is 1. The monoisotopic (exact) mass is 354 g/mol. The Bertz CT molecular complexity index is 763. The van der Waals surface area contributed by atoms with Crippen molar-refractivity contribution in [3.63, 3.8) is 0 Å². The predicted octanol–water partition coefficient (Wildman–Crippen LogP) is 2.53. The Morgan fingerprint density at radius 1 is 1.23 bits per heavy atom. The maximum Gasteiger partial charge on any atom is 0.308 e. The zero-order chi connectivity index (χ0) is 18.4. The van der Waals surface area contributed by atoms with Crippen LogP contribution in [-0.4, -0.2) is 40.0 Å². The van der Waals surface area contributed by atoms with Gasteiger partial charge in [0.05, 0.1) is 12.3 Å². The number of rotatable bonds is 6. The van der Waals surface area contributed by atoms with Crippen molar-refractivity contribution in [2.45, 2.75) is 25.9 Å². The van der Waals surface area contributed by atoms with Crippen LogP contribution in [0.5, 0.6) is 5.75 Å². The van der Waals surface area contributed by atoms with Gasteiger partial charge in [-0.3, -0.25) is 14.6 Å². The zero-order valence-corrected chi connectivity index (χ0v) is 14.5. The molecule has 1 aromatic heterocycles. The molecule has 1 amide bonds. The Labute approximate surface area is 152 Å². The van der Waals surface area contributed by atoms with Crippen LogP contribution in [0.2, 0.25) is 0 Å². The highest BCUT2D eigenvalue weighted by molar-refractivity contribution is 5.80. The van der Waals surface area contributed by atoms with Gasteiger partial charge in [-0.05, 0) is 36.6 Å². The second-order valence-electron chi connectivity index (χ2n) is 6.49. The fourth-order valence-electron chi connectivity index (χ4n) is 3.09. The average Bonchev–Trinajstić information content (AvgIpc) is 2.67. The highest BCUT2D eigenvalue weighted by Crippen LogP contribution is 2.19. The first-order valence-corrected chi connectivity index (χ1v) is 8.73. The van der Waals surface area contributed by atoms with E-state index in [0.29, 0.717) is 31.9 Å². The van der Waals surface area contributed by atoms with Crippen LogP contribution in [0.3, 0.4) is 0 Å². The number of aliphatic carboxylic acids is 1. The maximum absolute atomic E-state index is 12.5. The van der Waals surface area contributed by atoms with Crippen LogP contribution in [0.15, 0.2) is 48.8 Å². The molecule has 6 nitrogen and oxygen atoms in total. The number of ether oxygens (including phenoxy) is 1. The Morgan fingerprint density at radius 3 is 2.85 bits per heavy atom. The van der Waals surface area contributed by atoms with Gasteiger partial charge in [0.25, 0.3) is 0 Å². The van der Waals surface area contributed by atoms with Gasteiger partial charge >= 0.3 is 5.97 Å². The number of carbonyl (C=O) groups excluding carboxylic acids is 1. The van der Waals surface area contributed by atoms with Crippen LogP contribution in [0, 0.1) is 5.92 Å². The summed E-state index contributed by atoms with van der Waals surface area (Å²) in [5, 5.41) is 9.16. The van der Waals surface area contributed by atoms with Crippen molar-refractivity contribution in [3.8, 4) is 5.75 Å². The van der Waals surface area contributed by atoms with E-state index in [4.69, 9.17) is 9.84 Å². The third kappa shape index (κ3) is 4.81. The van der Waals surface area contributed by atoms with E-state index in [9.17, 15) is 9.59 Å². The largest absolute Gasteiger partial charge is 0.489 e. The van der Waals surface area contributed by atoms with Crippen LogP contribution in [0.25, 0.3) is 0 Å². The van der Waals surface area contributed by atoms with E-state index in [0.717, 1.165) is 17.5 Å². The lowest BCUT2D eigenvalue weighted by Crippen LogP contribution is -2.42. The number of pyridine rings is 1. The van der Waals surface area contributed by atoms with Crippen molar-refractivity contribution in [2.75, 3.05) is 13.1 Å². The minimum atomic E-state index is -0.826. The third-order valence-corrected chi connectivity index (χ3v) is 4.51. The molecule has 1 fully saturated rings. The summed E-state index contributed by atoms with van der Waals surface area (Å²) in [7, 11) is 0. The molecule has 136 valence electrons. The van der Waals surface area contributed by atoms with Crippen molar-refractivity contribution >= 4 is 11.9 Å². The summed E-state index contributed by atoms with van der Waals surface area (Å²) >= 11 is 0. The molecule has 1 saturated heterocycles. The number of likely N-dealkylation sites (tertiary alicyclic amines) is 1. The first-order valence-electron chi connectivity index (χ1n) is 8.73. The molecule has 2 aromatic rings. The second-order valence-corrected chi connectivity index (χ2v) is 6.49. The molecule has 1 aliphatic heterocycles. The van der Waals surface area contributed by atoms with E-state index in [1.54, 1.807) is 17.3 Å². The number of hydrogen-bond donors (Lipinski definition) is 1.